The molecule has 1 heterocycles. The topological polar surface area (TPSA) is 125 Å². The average Bonchev–Trinajstić information content (AvgIpc) is 2.82. The molecule has 0 aliphatic heterocycles. The van der Waals surface area contributed by atoms with Gasteiger partial charge in [0, 0.05) is 29.5 Å². The second kappa shape index (κ2) is 11.0. The van der Waals surface area contributed by atoms with E-state index in [-0.39, 0.29) is 30.2 Å². The Balaban J connectivity index is 1.58. The van der Waals surface area contributed by atoms with Crippen molar-refractivity contribution in [2.24, 2.45) is 0 Å². The summed E-state index contributed by atoms with van der Waals surface area (Å²) >= 11 is 5.89. The Morgan fingerprint density at radius 3 is 2.09 bits per heavy atom. The number of aromatic nitrogens is 1. The van der Waals surface area contributed by atoms with Crippen LogP contribution in [-0.4, -0.2) is 43.0 Å². The molecule has 0 aliphatic carbocycles. The SMILES string of the molecule is O=C(NCCC[C@H](NS(=O)(=O)c1ccc(-c2ccc(Cl)cc2)cc1)C(=O)O)c1ccncc1. The third-order valence-corrected chi connectivity index (χ3v) is 6.57. The van der Waals surface area contributed by atoms with Crippen LogP contribution in [0.15, 0.2) is 78.0 Å². The lowest BCUT2D eigenvalue weighted by Gasteiger charge is -2.15. The third-order valence-electron chi connectivity index (χ3n) is 4.84. The lowest BCUT2D eigenvalue weighted by atomic mass is 10.1. The van der Waals surface area contributed by atoms with Crippen molar-refractivity contribution in [3.05, 3.63) is 83.6 Å². The highest BCUT2D eigenvalue weighted by Gasteiger charge is 2.25. The van der Waals surface area contributed by atoms with Crippen molar-refractivity contribution in [3.8, 4) is 11.1 Å². The van der Waals surface area contributed by atoms with Gasteiger partial charge in [-0.25, -0.2) is 8.42 Å². The summed E-state index contributed by atoms with van der Waals surface area (Å²) in [4.78, 5) is 27.4. The van der Waals surface area contributed by atoms with Crippen LogP contribution in [0.4, 0.5) is 0 Å². The fourth-order valence-corrected chi connectivity index (χ4v) is 4.42. The Morgan fingerprint density at radius 2 is 1.52 bits per heavy atom. The highest BCUT2D eigenvalue weighted by atomic mass is 35.5. The number of nitrogens with zero attached hydrogens (tertiary/aromatic N) is 1. The summed E-state index contributed by atoms with van der Waals surface area (Å²) in [6, 6.07) is 15.0. The van der Waals surface area contributed by atoms with Gasteiger partial charge in [0.25, 0.3) is 5.91 Å². The van der Waals surface area contributed by atoms with Crippen molar-refractivity contribution >= 4 is 33.5 Å². The predicted molar refractivity (Wildman–Crippen MR) is 124 cm³/mol. The average molecular weight is 488 g/mol. The zero-order valence-electron chi connectivity index (χ0n) is 17.4. The van der Waals surface area contributed by atoms with E-state index in [1.807, 2.05) is 12.1 Å². The molecule has 3 aromatic rings. The van der Waals surface area contributed by atoms with Gasteiger partial charge in [-0.15, -0.1) is 0 Å². The van der Waals surface area contributed by atoms with Gasteiger partial charge >= 0.3 is 5.97 Å². The summed E-state index contributed by atoms with van der Waals surface area (Å²) in [6.07, 6.45) is 3.26. The lowest BCUT2D eigenvalue weighted by molar-refractivity contribution is -0.139. The van der Waals surface area contributed by atoms with Gasteiger partial charge in [0.2, 0.25) is 10.0 Å². The monoisotopic (exact) mass is 487 g/mol. The molecule has 1 aromatic heterocycles. The van der Waals surface area contributed by atoms with Crippen molar-refractivity contribution in [1.29, 1.82) is 0 Å². The van der Waals surface area contributed by atoms with E-state index >= 15 is 0 Å². The maximum atomic E-state index is 12.7. The second-order valence-electron chi connectivity index (χ2n) is 7.18. The van der Waals surface area contributed by atoms with Gasteiger partial charge < -0.3 is 10.4 Å². The molecule has 0 spiro atoms. The molecule has 0 saturated carbocycles. The van der Waals surface area contributed by atoms with E-state index in [1.165, 1.54) is 24.5 Å². The zero-order chi connectivity index (χ0) is 23.8. The fraction of sp³-hybridized carbons (Fsp3) is 0.174. The van der Waals surface area contributed by atoms with Crippen molar-refractivity contribution < 1.29 is 23.1 Å². The Bertz CT molecular complexity index is 1200. The summed E-state index contributed by atoms with van der Waals surface area (Å²) in [5.74, 6) is -1.61. The summed E-state index contributed by atoms with van der Waals surface area (Å²) in [5, 5.41) is 12.7. The molecule has 0 fully saturated rings. The van der Waals surface area contributed by atoms with Gasteiger partial charge in [0.1, 0.15) is 6.04 Å². The largest absolute Gasteiger partial charge is 0.480 e. The Kier molecular flexibility index (Phi) is 8.16. The fourth-order valence-electron chi connectivity index (χ4n) is 3.07. The number of rotatable bonds is 10. The number of halogens is 1. The molecule has 0 saturated heterocycles. The number of benzene rings is 2. The normalized spacial score (nSPS) is 12.2. The van der Waals surface area contributed by atoms with E-state index < -0.39 is 22.0 Å². The number of nitrogens with one attached hydrogen (secondary N) is 2. The number of carbonyl (C=O) groups is 2. The first-order valence-corrected chi connectivity index (χ1v) is 11.9. The van der Waals surface area contributed by atoms with Crippen molar-refractivity contribution in [2.75, 3.05) is 6.54 Å². The molecule has 0 radical (unpaired) electrons. The quantitative estimate of drug-likeness (QED) is 0.376. The standard InChI is InChI=1S/C23H22ClN3O5S/c24-19-7-3-16(4-8-19)17-5-9-20(10-6-17)33(31,32)27-21(23(29)30)2-1-13-26-22(28)18-11-14-25-15-12-18/h3-12,14-15,21,27H,1-2,13H2,(H,26,28)(H,29,30)/t21-/m0/s1. The highest BCUT2D eigenvalue weighted by molar-refractivity contribution is 7.89. The molecule has 2 aromatic carbocycles. The molecular weight excluding hydrogens is 466 g/mol. The van der Waals surface area contributed by atoms with Crippen molar-refractivity contribution in [2.45, 2.75) is 23.8 Å². The van der Waals surface area contributed by atoms with Gasteiger partial charge in [-0.2, -0.15) is 4.72 Å². The zero-order valence-corrected chi connectivity index (χ0v) is 19.0. The predicted octanol–water partition coefficient (Wildman–Crippen LogP) is 3.34. The molecule has 3 N–H and O–H groups in total. The van der Waals surface area contributed by atoms with E-state index in [9.17, 15) is 23.1 Å². The van der Waals surface area contributed by atoms with Crippen molar-refractivity contribution in [3.63, 3.8) is 0 Å². The summed E-state index contributed by atoms with van der Waals surface area (Å²) in [5.41, 5.74) is 2.10. The van der Waals surface area contributed by atoms with Crippen LogP contribution in [0.2, 0.25) is 5.02 Å². The van der Waals surface area contributed by atoms with Gasteiger partial charge in [0.05, 0.1) is 4.90 Å². The maximum absolute atomic E-state index is 12.7. The molecule has 0 unspecified atom stereocenters. The molecular formula is C23H22ClN3O5S. The highest BCUT2D eigenvalue weighted by Crippen LogP contribution is 2.23. The molecule has 1 amide bonds. The summed E-state index contributed by atoms with van der Waals surface area (Å²) < 4.78 is 27.6. The molecule has 3 rings (SSSR count). The summed E-state index contributed by atoms with van der Waals surface area (Å²) in [7, 11) is -4.05. The number of carbonyl (C=O) groups excluding carboxylic acids is 1. The van der Waals surface area contributed by atoms with Crippen LogP contribution in [0.3, 0.4) is 0 Å². The lowest BCUT2D eigenvalue weighted by Crippen LogP contribution is -2.41. The molecule has 8 nitrogen and oxygen atoms in total. The minimum absolute atomic E-state index is 0.00798. The molecule has 0 aliphatic rings. The first-order valence-electron chi connectivity index (χ1n) is 10.1. The summed E-state index contributed by atoms with van der Waals surface area (Å²) in [6.45, 7) is 0.197. The smallest absolute Gasteiger partial charge is 0.321 e. The van der Waals surface area contributed by atoms with E-state index in [2.05, 4.69) is 15.0 Å². The van der Waals surface area contributed by atoms with Crippen LogP contribution >= 0.6 is 11.6 Å². The molecule has 10 heteroatoms. The van der Waals surface area contributed by atoms with E-state index in [0.717, 1.165) is 11.1 Å². The van der Waals surface area contributed by atoms with Crippen LogP contribution in [-0.2, 0) is 14.8 Å². The van der Waals surface area contributed by atoms with Crippen LogP contribution < -0.4 is 10.0 Å². The molecule has 33 heavy (non-hydrogen) atoms. The van der Waals surface area contributed by atoms with E-state index in [0.29, 0.717) is 10.6 Å². The van der Waals surface area contributed by atoms with Gasteiger partial charge in [-0.1, -0.05) is 35.9 Å². The van der Waals surface area contributed by atoms with Crippen LogP contribution in [0.5, 0.6) is 0 Å². The first kappa shape index (κ1) is 24.4. The Labute approximate surface area is 196 Å². The minimum atomic E-state index is -4.05. The third kappa shape index (κ3) is 6.85. The number of pyridine rings is 1. The number of amides is 1. The number of hydrogen-bond donors (Lipinski definition) is 3. The van der Waals surface area contributed by atoms with E-state index in [1.54, 1.807) is 36.4 Å². The van der Waals surface area contributed by atoms with E-state index in [4.69, 9.17) is 11.6 Å². The van der Waals surface area contributed by atoms with Crippen LogP contribution in [0.1, 0.15) is 23.2 Å². The second-order valence-corrected chi connectivity index (χ2v) is 9.33. The minimum Gasteiger partial charge on any atom is -0.480 e. The number of sulfonamides is 1. The Morgan fingerprint density at radius 1 is 0.939 bits per heavy atom. The number of carboxylic acids is 1. The van der Waals surface area contributed by atoms with Gasteiger partial charge in [0.15, 0.2) is 0 Å². The molecule has 0 bridgehead atoms. The molecule has 1 atom stereocenters. The number of aliphatic carboxylic acids is 1. The van der Waals surface area contributed by atoms with Gasteiger partial charge in [-0.3, -0.25) is 14.6 Å². The number of carboxylic acid groups (broad SMARTS) is 1. The molecule has 172 valence electrons. The van der Waals surface area contributed by atoms with Crippen LogP contribution in [0.25, 0.3) is 11.1 Å². The Hall–Kier alpha value is -3.27. The van der Waals surface area contributed by atoms with Crippen molar-refractivity contribution in [1.82, 2.24) is 15.0 Å². The number of hydrogen-bond acceptors (Lipinski definition) is 5. The van der Waals surface area contributed by atoms with Gasteiger partial charge in [-0.05, 0) is 60.4 Å². The first-order chi connectivity index (χ1) is 15.8. The van der Waals surface area contributed by atoms with Crippen LogP contribution in [0, 0.1) is 0 Å². The maximum Gasteiger partial charge on any atom is 0.321 e.